The summed E-state index contributed by atoms with van der Waals surface area (Å²) < 4.78 is 10.3. The third kappa shape index (κ3) is 1.83. The van der Waals surface area contributed by atoms with Crippen LogP contribution in [0.2, 0.25) is 0 Å². The maximum absolute atomic E-state index is 5.20. The smallest absolute Gasteiger partial charge is 0.181 e. The average Bonchev–Trinajstić information content (AvgIpc) is 2.71. The fraction of sp³-hybridized carbons (Fsp3) is 0.182. The molecule has 2 rings (SSSR count). The van der Waals surface area contributed by atoms with E-state index < -0.39 is 0 Å². The van der Waals surface area contributed by atoms with Crippen LogP contribution in [-0.2, 0) is 11.3 Å². The summed E-state index contributed by atoms with van der Waals surface area (Å²) in [4.78, 5) is 3.88. The van der Waals surface area contributed by atoms with Crippen LogP contribution in [-0.4, -0.2) is 12.1 Å². The van der Waals surface area contributed by atoms with Crippen molar-refractivity contribution in [3.8, 4) is 11.3 Å². The monoisotopic (exact) mass is 189 g/mol. The van der Waals surface area contributed by atoms with Crippen molar-refractivity contribution in [3.63, 3.8) is 0 Å². The van der Waals surface area contributed by atoms with Crippen LogP contribution < -0.4 is 0 Å². The predicted octanol–water partition coefficient (Wildman–Crippen LogP) is 2.49. The molecule has 1 heterocycles. The zero-order valence-corrected chi connectivity index (χ0v) is 7.93. The van der Waals surface area contributed by atoms with E-state index in [1.807, 2.05) is 24.3 Å². The maximum atomic E-state index is 5.20. The molecule has 14 heavy (non-hydrogen) atoms. The molecule has 0 saturated heterocycles. The van der Waals surface area contributed by atoms with Gasteiger partial charge in [0.05, 0.1) is 12.8 Å². The molecule has 2 aromatic rings. The summed E-state index contributed by atoms with van der Waals surface area (Å²) in [7, 11) is 1.68. The van der Waals surface area contributed by atoms with Crippen molar-refractivity contribution in [2.45, 2.75) is 6.61 Å². The van der Waals surface area contributed by atoms with Gasteiger partial charge in [0.1, 0.15) is 0 Å². The molecule has 0 spiro atoms. The van der Waals surface area contributed by atoms with E-state index in [0.29, 0.717) is 6.61 Å². The Bertz CT molecular complexity index is 395. The second kappa shape index (κ2) is 4.07. The molecular weight excluding hydrogens is 178 g/mol. The SMILES string of the molecule is COCc1cccc(-c2cnco2)c1. The summed E-state index contributed by atoms with van der Waals surface area (Å²) in [5, 5.41) is 0. The van der Waals surface area contributed by atoms with Crippen molar-refractivity contribution < 1.29 is 9.15 Å². The van der Waals surface area contributed by atoms with E-state index >= 15 is 0 Å². The molecule has 1 aromatic heterocycles. The molecule has 0 saturated carbocycles. The highest BCUT2D eigenvalue weighted by atomic mass is 16.5. The van der Waals surface area contributed by atoms with E-state index in [4.69, 9.17) is 9.15 Å². The van der Waals surface area contributed by atoms with Crippen molar-refractivity contribution in [1.82, 2.24) is 4.98 Å². The summed E-state index contributed by atoms with van der Waals surface area (Å²) in [5.74, 6) is 0.781. The highest BCUT2D eigenvalue weighted by molar-refractivity contribution is 5.56. The maximum Gasteiger partial charge on any atom is 0.181 e. The standard InChI is InChI=1S/C11H11NO2/c1-13-7-9-3-2-4-10(5-9)11-6-12-8-14-11/h2-6,8H,7H2,1H3. The quantitative estimate of drug-likeness (QED) is 0.744. The molecule has 0 aliphatic heterocycles. The minimum atomic E-state index is 0.613. The number of aromatic nitrogens is 1. The lowest BCUT2D eigenvalue weighted by atomic mass is 10.1. The topological polar surface area (TPSA) is 35.3 Å². The van der Waals surface area contributed by atoms with Crippen LogP contribution >= 0.6 is 0 Å². The van der Waals surface area contributed by atoms with Crippen LogP contribution in [0.3, 0.4) is 0 Å². The molecule has 3 heteroatoms. The molecule has 0 amide bonds. The molecule has 0 aliphatic rings. The van der Waals surface area contributed by atoms with Gasteiger partial charge in [-0.3, -0.25) is 0 Å². The van der Waals surface area contributed by atoms with Crippen molar-refractivity contribution in [2.75, 3.05) is 7.11 Å². The van der Waals surface area contributed by atoms with Gasteiger partial charge in [-0.1, -0.05) is 18.2 Å². The minimum absolute atomic E-state index is 0.613. The minimum Gasteiger partial charge on any atom is -0.444 e. The first-order valence-electron chi connectivity index (χ1n) is 4.37. The zero-order valence-electron chi connectivity index (χ0n) is 7.93. The second-order valence-corrected chi connectivity index (χ2v) is 3.00. The first-order chi connectivity index (χ1) is 6.90. The van der Waals surface area contributed by atoms with E-state index in [1.165, 1.54) is 6.39 Å². The number of hydrogen-bond donors (Lipinski definition) is 0. The van der Waals surface area contributed by atoms with Crippen LogP contribution in [0.4, 0.5) is 0 Å². The third-order valence-corrected chi connectivity index (χ3v) is 1.95. The lowest BCUT2D eigenvalue weighted by Gasteiger charge is -2.01. The highest BCUT2D eigenvalue weighted by Gasteiger charge is 2.01. The van der Waals surface area contributed by atoms with Crippen LogP contribution in [0.5, 0.6) is 0 Å². The van der Waals surface area contributed by atoms with Gasteiger partial charge in [0.2, 0.25) is 0 Å². The van der Waals surface area contributed by atoms with Gasteiger partial charge < -0.3 is 9.15 Å². The van der Waals surface area contributed by atoms with E-state index in [1.54, 1.807) is 13.3 Å². The Labute approximate surface area is 82.3 Å². The highest BCUT2D eigenvalue weighted by Crippen LogP contribution is 2.19. The molecular formula is C11H11NO2. The van der Waals surface area contributed by atoms with E-state index in [9.17, 15) is 0 Å². The van der Waals surface area contributed by atoms with E-state index in [0.717, 1.165) is 16.9 Å². The Kier molecular flexibility index (Phi) is 2.60. The Morgan fingerprint density at radius 2 is 2.36 bits per heavy atom. The van der Waals surface area contributed by atoms with E-state index in [-0.39, 0.29) is 0 Å². The van der Waals surface area contributed by atoms with Crippen LogP contribution in [0.25, 0.3) is 11.3 Å². The number of nitrogens with zero attached hydrogens (tertiary/aromatic N) is 1. The van der Waals surface area contributed by atoms with Crippen molar-refractivity contribution in [1.29, 1.82) is 0 Å². The van der Waals surface area contributed by atoms with Crippen LogP contribution in [0.15, 0.2) is 41.3 Å². The fourth-order valence-electron chi connectivity index (χ4n) is 1.34. The van der Waals surface area contributed by atoms with Gasteiger partial charge in [0.15, 0.2) is 12.2 Å². The number of hydrogen-bond acceptors (Lipinski definition) is 3. The van der Waals surface area contributed by atoms with Crippen LogP contribution in [0, 0.1) is 0 Å². The van der Waals surface area contributed by atoms with Gasteiger partial charge in [0.25, 0.3) is 0 Å². The Balaban J connectivity index is 2.31. The zero-order chi connectivity index (χ0) is 9.80. The summed E-state index contributed by atoms with van der Waals surface area (Å²) in [6, 6.07) is 8.01. The molecule has 72 valence electrons. The van der Waals surface area contributed by atoms with Gasteiger partial charge in [-0.05, 0) is 11.6 Å². The molecule has 0 bridgehead atoms. The van der Waals surface area contributed by atoms with Gasteiger partial charge >= 0.3 is 0 Å². The third-order valence-electron chi connectivity index (χ3n) is 1.95. The summed E-state index contributed by atoms with van der Waals surface area (Å²) in [6.45, 7) is 0.613. The molecule has 0 unspecified atom stereocenters. The van der Waals surface area contributed by atoms with Crippen LogP contribution in [0.1, 0.15) is 5.56 Å². The molecule has 0 fully saturated rings. The van der Waals surface area contributed by atoms with Gasteiger partial charge in [-0.2, -0.15) is 0 Å². The Morgan fingerprint density at radius 3 is 3.07 bits per heavy atom. The molecule has 0 N–H and O–H groups in total. The summed E-state index contributed by atoms with van der Waals surface area (Å²) >= 11 is 0. The summed E-state index contributed by atoms with van der Waals surface area (Å²) in [6.07, 6.45) is 3.13. The lowest BCUT2D eigenvalue weighted by molar-refractivity contribution is 0.185. The van der Waals surface area contributed by atoms with E-state index in [2.05, 4.69) is 4.98 Å². The van der Waals surface area contributed by atoms with Gasteiger partial charge in [0, 0.05) is 12.7 Å². The number of methoxy groups -OCH3 is 1. The average molecular weight is 189 g/mol. The number of benzene rings is 1. The number of ether oxygens (including phenoxy) is 1. The second-order valence-electron chi connectivity index (χ2n) is 3.00. The number of rotatable bonds is 3. The molecule has 0 aliphatic carbocycles. The predicted molar refractivity (Wildman–Crippen MR) is 52.7 cm³/mol. The first kappa shape index (κ1) is 8.97. The normalized spacial score (nSPS) is 10.4. The van der Waals surface area contributed by atoms with Crippen molar-refractivity contribution in [3.05, 3.63) is 42.4 Å². The summed E-state index contributed by atoms with van der Waals surface area (Å²) in [5.41, 5.74) is 2.15. The number of oxazole rings is 1. The largest absolute Gasteiger partial charge is 0.444 e. The van der Waals surface area contributed by atoms with Crippen molar-refractivity contribution >= 4 is 0 Å². The molecule has 3 nitrogen and oxygen atoms in total. The van der Waals surface area contributed by atoms with Gasteiger partial charge in [-0.15, -0.1) is 0 Å². The first-order valence-corrected chi connectivity index (χ1v) is 4.37. The Hall–Kier alpha value is -1.61. The Morgan fingerprint density at radius 1 is 1.43 bits per heavy atom. The molecule has 0 radical (unpaired) electrons. The van der Waals surface area contributed by atoms with Gasteiger partial charge in [-0.25, -0.2) is 4.98 Å². The molecule has 0 atom stereocenters. The molecule has 1 aromatic carbocycles. The fourth-order valence-corrected chi connectivity index (χ4v) is 1.34. The lowest BCUT2D eigenvalue weighted by Crippen LogP contribution is -1.87. The van der Waals surface area contributed by atoms with Crippen molar-refractivity contribution in [2.24, 2.45) is 0 Å².